The Morgan fingerprint density at radius 3 is 2.35 bits per heavy atom. The Balaban J connectivity index is 2.08. The lowest BCUT2D eigenvalue weighted by Gasteiger charge is -2.00. The standard InChI is InChI=1S/C13H12N2O2/c1-17-12-7-9-15(10-8-12)14-13(16)11-5-3-2-4-6-11/h2-10H,1H3/p+1. The number of rotatable bonds is 3. The molecule has 0 aliphatic heterocycles. The van der Waals surface area contributed by atoms with Crippen LogP contribution in [0.2, 0.25) is 0 Å². The van der Waals surface area contributed by atoms with Gasteiger partial charge in [-0.2, -0.15) is 0 Å². The highest BCUT2D eigenvalue weighted by Gasteiger charge is 2.09. The fourth-order valence-electron chi connectivity index (χ4n) is 1.39. The minimum Gasteiger partial charge on any atom is -0.496 e. The molecule has 17 heavy (non-hydrogen) atoms. The van der Waals surface area contributed by atoms with E-state index < -0.39 is 0 Å². The van der Waals surface area contributed by atoms with Gasteiger partial charge >= 0.3 is 5.91 Å². The number of aromatic nitrogens is 1. The zero-order chi connectivity index (χ0) is 12.1. The molecule has 0 spiro atoms. The van der Waals surface area contributed by atoms with E-state index in [4.69, 9.17) is 4.74 Å². The van der Waals surface area contributed by atoms with Crippen molar-refractivity contribution in [2.75, 3.05) is 12.5 Å². The number of carbonyl (C=O) groups is 1. The van der Waals surface area contributed by atoms with E-state index in [0.29, 0.717) is 5.56 Å². The van der Waals surface area contributed by atoms with Crippen molar-refractivity contribution >= 4 is 5.91 Å². The molecular weight excluding hydrogens is 216 g/mol. The molecule has 0 unspecified atom stereocenters. The van der Waals surface area contributed by atoms with E-state index in [9.17, 15) is 4.79 Å². The Kier molecular flexibility index (Phi) is 3.35. The highest BCUT2D eigenvalue weighted by molar-refractivity contribution is 5.98. The molecule has 4 nitrogen and oxygen atoms in total. The summed E-state index contributed by atoms with van der Waals surface area (Å²) in [6.07, 6.45) is 3.44. The average molecular weight is 229 g/mol. The lowest BCUT2D eigenvalue weighted by Crippen LogP contribution is -2.47. The Morgan fingerprint density at radius 1 is 1.12 bits per heavy atom. The van der Waals surface area contributed by atoms with E-state index >= 15 is 0 Å². The smallest absolute Gasteiger partial charge is 0.305 e. The van der Waals surface area contributed by atoms with E-state index in [1.807, 2.05) is 18.2 Å². The summed E-state index contributed by atoms with van der Waals surface area (Å²) in [6, 6.07) is 12.6. The molecule has 2 rings (SSSR count). The number of benzene rings is 1. The third kappa shape index (κ3) is 2.81. The van der Waals surface area contributed by atoms with Crippen LogP contribution in [0.4, 0.5) is 0 Å². The molecule has 2 aromatic rings. The number of ether oxygens (including phenoxy) is 1. The minimum absolute atomic E-state index is 0.152. The number of nitrogens with zero attached hydrogens (tertiary/aromatic N) is 1. The summed E-state index contributed by atoms with van der Waals surface area (Å²) in [5, 5.41) is 0. The molecule has 1 N–H and O–H groups in total. The van der Waals surface area contributed by atoms with Crippen molar-refractivity contribution in [1.29, 1.82) is 0 Å². The van der Waals surface area contributed by atoms with Crippen LogP contribution in [0.15, 0.2) is 54.9 Å². The van der Waals surface area contributed by atoms with Gasteiger partial charge in [0.25, 0.3) is 0 Å². The van der Waals surface area contributed by atoms with Gasteiger partial charge in [0.15, 0.2) is 0 Å². The monoisotopic (exact) mass is 229 g/mol. The number of carbonyl (C=O) groups excluding carboxylic acids is 1. The third-order valence-corrected chi connectivity index (χ3v) is 2.30. The van der Waals surface area contributed by atoms with Gasteiger partial charge in [-0.3, -0.25) is 4.79 Å². The first kappa shape index (κ1) is 11.1. The first-order valence-electron chi connectivity index (χ1n) is 5.21. The van der Waals surface area contributed by atoms with Gasteiger partial charge in [0.05, 0.1) is 7.11 Å². The van der Waals surface area contributed by atoms with Gasteiger partial charge in [0, 0.05) is 17.7 Å². The molecular formula is C13H13N2O2+. The zero-order valence-corrected chi connectivity index (χ0v) is 9.46. The van der Waals surface area contributed by atoms with Crippen LogP contribution in [0, 0.1) is 0 Å². The summed E-state index contributed by atoms with van der Waals surface area (Å²) in [4.78, 5) is 11.8. The van der Waals surface area contributed by atoms with E-state index in [1.165, 1.54) is 0 Å². The van der Waals surface area contributed by atoms with Crippen LogP contribution in [0.5, 0.6) is 5.75 Å². The molecule has 0 aliphatic rings. The first-order valence-corrected chi connectivity index (χ1v) is 5.21. The molecule has 1 amide bonds. The molecule has 1 heterocycles. The Morgan fingerprint density at radius 2 is 1.76 bits per heavy atom. The number of hydrogen-bond acceptors (Lipinski definition) is 2. The van der Waals surface area contributed by atoms with E-state index in [2.05, 4.69) is 5.43 Å². The summed E-state index contributed by atoms with van der Waals surface area (Å²) >= 11 is 0. The highest BCUT2D eigenvalue weighted by Crippen LogP contribution is 2.03. The molecule has 1 aromatic carbocycles. The maximum atomic E-state index is 11.8. The maximum absolute atomic E-state index is 11.8. The summed E-state index contributed by atoms with van der Waals surface area (Å²) in [6.45, 7) is 0. The average Bonchev–Trinajstić information content (AvgIpc) is 2.40. The van der Waals surface area contributed by atoms with E-state index in [1.54, 1.807) is 48.4 Å². The molecule has 0 saturated carbocycles. The number of pyridine rings is 1. The van der Waals surface area contributed by atoms with Gasteiger partial charge in [-0.1, -0.05) is 22.9 Å². The van der Waals surface area contributed by atoms with Crippen molar-refractivity contribution in [3.8, 4) is 5.75 Å². The summed E-state index contributed by atoms with van der Waals surface area (Å²) in [7, 11) is 1.60. The second-order valence-corrected chi connectivity index (χ2v) is 3.45. The summed E-state index contributed by atoms with van der Waals surface area (Å²) < 4.78 is 6.61. The van der Waals surface area contributed by atoms with Crippen LogP contribution in [0.3, 0.4) is 0 Å². The van der Waals surface area contributed by atoms with Crippen LogP contribution in [-0.4, -0.2) is 13.0 Å². The fraction of sp³-hybridized carbons (Fsp3) is 0.0769. The van der Waals surface area contributed by atoms with Crippen LogP contribution >= 0.6 is 0 Å². The molecule has 0 atom stereocenters. The van der Waals surface area contributed by atoms with Gasteiger partial charge in [-0.05, 0) is 12.1 Å². The number of nitrogens with one attached hydrogen (secondary N) is 1. The Bertz CT molecular complexity index is 495. The molecule has 0 aliphatic carbocycles. The zero-order valence-electron chi connectivity index (χ0n) is 9.46. The van der Waals surface area contributed by atoms with Gasteiger partial charge in [-0.25, -0.2) is 0 Å². The van der Waals surface area contributed by atoms with Crippen LogP contribution in [0.25, 0.3) is 0 Å². The Labute approximate surface area is 99.4 Å². The van der Waals surface area contributed by atoms with Gasteiger partial charge < -0.3 is 4.74 Å². The summed E-state index contributed by atoms with van der Waals surface area (Å²) in [5.74, 6) is 0.593. The third-order valence-electron chi connectivity index (χ3n) is 2.30. The first-order chi connectivity index (χ1) is 8.29. The topological polar surface area (TPSA) is 42.2 Å². The van der Waals surface area contributed by atoms with Crippen LogP contribution < -0.4 is 14.8 Å². The predicted molar refractivity (Wildman–Crippen MR) is 63.3 cm³/mol. The number of methoxy groups -OCH3 is 1. The maximum Gasteiger partial charge on any atom is 0.305 e. The van der Waals surface area contributed by atoms with Crippen molar-refractivity contribution in [2.24, 2.45) is 0 Å². The van der Waals surface area contributed by atoms with Crippen LogP contribution in [0.1, 0.15) is 10.4 Å². The molecule has 4 heteroatoms. The van der Waals surface area contributed by atoms with Crippen LogP contribution in [-0.2, 0) is 0 Å². The highest BCUT2D eigenvalue weighted by atomic mass is 16.5. The number of hydrogen-bond donors (Lipinski definition) is 1. The fourth-order valence-corrected chi connectivity index (χ4v) is 1.39. The molecule has 86 valence electrons. The van der Waals surface area contributed by atoms with E-state index in [-0.39, 0.29) is 5.91 Å². The summed E-state index contributed by atoms with van der Waals surface area (Å²) in [5.41, 5.74) is 3.35. The van der Waals surface area contributed by atoms with E-state index in [0.717, 1.165) is 5.75 Å². The molecule has 1 aromatic heterocycles. The number of amides is 1. The molecule has 0 radical (unpaired) electrons. The second-order valence-electron chi connectivity index (χ2n) is 3.45. The van der Waals surface area contributed by atoms with Gasteiger partial charge in [-0.15, -0.1) is 5.43 Å². The van der Waals surface area contributed by atoms with Crippen molar-refractivity contribution < 1.29 is 14.2 Å². The molecule has 0 bridgehead atoms. The molecule has 0 fully saturated rings. The lowest BCUT2D eigenvalue weighted by atomic mass is 10.2. The van der Waals surface area contributed by atoms with Crippen molar-refractivity contribution in [3.05, 3.63) is 60.4 Å². The van der Waals surface area contributed by atoms with Gasteiger partial charge in [0.1, 0.15) is 5.75 Å². The normalized spacial score (nSPS) is 9.71. The van der Waals surface area contributed by atoms with Crippen molar-refractivity contribution in [3.63, 3.8) is 0 Å². The molecule has 0 saturated heterocycles. The van der Waals surface area contributed by atoms with Crippen molar-refractivity contribution in [2.45, 2.75) is 0 Å². The van der Waals surface area contributed by atoms with Gasteiger partial charge in [0.2, 0.25) is 12.4 Å². The second kappa shape index (κ2) is 5.12. The van der Waals surface area contributed by atoms with Crippen molar-refractivity contribution in [1.82, 2.24) is 0 Å². The minimum atomic E-state index is -0.152. The SMILES string of the molecule is COc1cc[n+](NC(=O)c2ccccc2)cc1. The lowest BCUT2D eigenvalue weighted by molar-refractivity contribution is -0.641. The largest absolute Gasteiger partial charge is 0.496 e. The quantitative estimate of drug-likeness (QED) is 0.808. The predicted octanol–water partition coefficient (Wildman–Crippen LogP) is 1.37. The Hall–Kier alpha value is -2.36.